The molecule has 0 spiro atoms. The molecule has 240 valence electrons. The molecule has 0 bridgehead atoms. The van der Waals surface area contributed by atoms with E-state index in [9.17, 15) is 0 Å². The van der Waals surface area contributed by atoms with Gasteiger partial charge in [0.25, 0.3) is 0 Å². The van der Waals surface area contributed by atoms with E-state index in [1.165, 1.54) is 32.7 Å². The number of nitrogens with one attached hydrogen (secondary N) is 1. The smallest absolute Gasteiger partial charge is 0.169 e. The predicted octanol–water partition coefficient (Wildman–Crippen LogP) is 11.7. The molecule has 0 fully saturated rings. The second-order valence-corrected chi connectivity index (χ2v) is 13.0. The fourth-order valence-electron chi connectivity index (χ4n) is 7.44. The topological polar surface area (TPSA) is 49.9 Å². The second kappa shape index (κ2) is 12.0. The molecule has 0 aliphatic carbocycles. The Morgan fingerprint density at radius 2 is 1.06 bits per heavy atom. The van der Waals surface area contributed by atoms with Crippen LogP contribution in [-0.2, 0) is 0 Å². The molecule has 0 radical (unpaired) electrons. The molecule has 1 aliphatic heterocycles. The minimum absolute atomic E-state index is 0.464. The third-order valence-electron chi connectivity index (χ3n) is 9.94. The van der Waals surface area contributed by atoms with Gasteiger partial charge in [-0.3, -0.25) is 0 Å². The molecule has 0 amide bonds. The Balaban J connectivity index is 1.19. The van der Waals surface area contributed by atoms with Gasteiger partial charge in [0.1, 0.15) is 22.8 Å². The van der Waals surface area contributed by atoms with Crippen LogP contribution in [-0.4, -0.2) is 11.7 Å². The lowest BCUT2D eigenvalue weighted by Gasteiger charge is -2.24. The first-order chi connectivity index (χ1) is 25.3. The minimum atomic E-state index is -0.464. The summed E-state index contributed by atoms with van der Waals surface area (Å²) in [5.74, 6) is 1.53. The second-order valence-electron chi connectivity index (χ2n) is 13.0. The van der Waals surface area contributed by atoms with Gasteiger partial charge in [-0.15, -0.1) is 0 Å². The first-order valence-corrected chi connectivity index (χ1v) is 17.3. The van der Waals surface area contributed by atoms with Crippen molar-refractivity contribution in [3.63, 3.8) is 0 Å². The van der Waals surface area contributed by atoms with E-state index in [1.807, 2.05) is 36.4 Å². The fraction of sp³-hybridized carbons (Fsp3) is 0.0213. The Hall–Kier alpha value is -6.78. The Kier molecular flexibility index (Phi) is 6.85. The van der Waals surface area contributed by atoms with Crippen LogP contribution < -0.4 is 5.32 Å². The van der Waals surface area contributed by atoms with Crippen molar-refractivity contribution >= 4 is 55.2 Å². The maximum absolute atomic E-state index is 6.45. The zero-order valence-corrected chi connectivity index (χ0v) is 27.6. The quantitative estimate of drug-likeness (QED) is 0.188. The molecule has 1 atom stereocenters. The lowest BCUT2D eigenvalue weighted by Crippen LogP contribution is -2.36. The summed E-state index contributed by atoms with van der Waals surface area (Å²) in [4.78, 5) is 10.7. The van der Waals surface area contributed by atoms with Crippen molar-refractivity contribution in [1.29, 1.82) is 0 Å². The van der Waals surface area contributed by atoms with E-state index in [0.29, 0.717) is 0 Å². The molecule has 0 saturated carbocycles. The van der Waals surface area contributed by atoms with Gasteiger partial charge in [0.05, 0.1) is 0 Å². The number of furan rings is 1. The zero-order valence-electron chi connectivity index (χ0n) is 27.6. The van der Waals surface area contributed by atoms with Crippen molar-refractivity contribution in [2.45, 2.75) is 6.17 Å². The van der Waals surface area contributed by atoms with Gasteiger partial charge in [0, 0.05) is 21.9 Å². The first kappa shape index (κ1) is 29.2. The Morgan fingerprint density at radius 3 is 1.88 bits per heavy atom. The number of hydrogen-bond donors (Lipinski definition) is 1. The van der Waals surface area contributed by atoms with E-state index in [4.69, 9.17) is 14.4 Å². The number of nitrogens with zero attached hydrogens (tertiary/aromatic N) is 2. The van der Waals surface area contributed by atoms with Crippen molar-refractivity contribution in [1.82, 2.24) is 5.32 Å². The predicted molar refractivity (Wildman–Crippen MR) is 211 cm³/mol. The number of para-hydroxylation sites is 1. The van der Waals surface area contributed by atoms with E-state index in [-0.39, 0.29) is 0 Å². The minimum Gasteiger partial charge on any atom is -0.456 e. The van der Waals surface area contributed by atoms with Gasteiger partial charge in [-0.25, -0.2) is 9.98 Å². The molecule has 0 saturated heterocycles. The lowest BCUT2D eigenvalue weighted by atomic mass is 9.92. The molecule has 4 nitrogen and oxygen atoms in total. The number of fused-ring (bicyclic) bond motifs is 6. The van der Waals surface area contributed by atoms with Crippen LogP contribution in [0.15, 0.2) is 190 Å². The Morgan fingerprint density at radius 1 is 0.431 bits per heavy atom. The average molecular weight is 654 g/mol. The number of rotatable bonds is 5. The van der Waals surface area contributed by atoms with E-state index >= 15 is 0 Å². The van der Waals surface area contributed by atoms with Gasteiger partial charge in [-0.2, -0.15) is 0 Å². The van der Waals surface area contributed by atoms with Gasteiger partial charge in [0.2, 0.25) is 0 Å². The first-order valence-electron chi connectivity index (χ1n) is 17.3. The highest BCUT2D eigenvalue weighted by molar-refractivity contribution is 6.26. The van der Waals surface area contributed by atoms with E-state index in [2.05, 4.69) is 145 Å². The van der Waals surface area contributed by atoms with Crippen molar-refractivity contribution < 1.29 is 4.42 Å². The van der Waals surface area contributed by atoms with Crippen LogP contribution in [0.4, 0.5) is 0 Å². The SMILES string of the molecule is c1ccc(C2=NC(c3ccc4c(ccc5ccccc54)c3)N=C(c3c(-c4ccc(-c5ccccc5)cc4)ccc4oc5ccccc5c34)N2)cc1. The molecule has 1 N–H and O–H groups in total. The molecule has 1 unspecified atom stereocenters. The van der Waals surface area contributed by atoms with Crippen LogP contribution in [0.1, 0.15) is 22.9 Å². The van der Waals surface area contributed by atoms with Crippen LogP contribution in [0.25, 0.3) is 65.7 Å². The van der Waals surface area contributed by atoms with Crippen LogP contribution >= 0.6 is 0 Å². The Bertz CT molecular complexity index is 2820. The van der Waals surface area contributed by atoms with Crippen molar-refractivity contribution in [3.8, 4) is 22.3 Å². The summed E-state index contributed by atoms with van der Waals surface area (Å²) in [6.07, 6.45) is -0.464. The van der Waals surface area contributed by atoms with Gasteiger partial charge in [0.15, 0.2) is 6.17 Å². The largest absolute Gasteiger partial charge is 0.456 e. The molecule has 10 rings (SSSR count). The molecular weight excluding hydrogens is 623 g/mol. The number of amidine groups is 2. The molecule has 9 aromatic rings. The van der Waals surface area contributed by atoms with Gasteiger partial charge in [-0.05, 0) is 73.6 Å². The molecule has 1 aromatic heterocycles. The normalized spacial score (nSPS) is 14.5. The van der Waals surface area contributed by atoms with E-state index in [1.54, 1.807) is 0 Å². The number of hydrogen-bond acceptors (Lipinski definition) is 4. The summed E-state index contributed by atoms with van der Waals surface area (Å²) < 4.78 is 6.45. The van der Waals surface area contributed by atoms with Crippen LogP contribution in [0.5, 0.6) is 0 Å². The molecular formula is C47H31N3O. The number of aliphatic imine (C=N–C) groups is 2. The van der Waals surface area contributed by atoms with Crippen molar-refractivity contribution in [2.75, 3.05) is 0 Å². The maximum atomic E-state index is 6.45. The molecule has 4 heteroatoms. The summed E-state index contributed by atoms with van der Waals surface area (Å²) in [5, 5.41) is 10.6. The summed E-state index contributed by atoms with van der Waals surface area (Å²) in [5.41, 5.74) is 9.21. The molecule has 8 aromatic carbocycles. The third-order valence-corrected chi connectivity index (χ3v) is 9.94. The summed E-state index contributed by atoms with van der Waals surface area (Å²) >= 11 is 0. The van der Waals surface area contributed by atoms with Gasteiger partial charge < -0.3 is 9.73 Å². The van der Waals surface area contributed by atoms with E-state index < -0.39 is 6.17 Å². The van der Waals surface area contributed by atoms with E-state index in [0.717, 1.165) is 61.4 Å². The van der Waals surface area contributed by atoms with Crippen LogP contribution in [0, 0.1) is 0 Å². The third kappa shape index (κ3) is 5.08. The monoisotopic (exact) mass is 653 g/mol. The van der Waals surface area contributed by atoms with Crippen molar-refractivity contribution in [3.05, 3.63) is 193 Å². The Labute approximate surface area is 295 Å². The summed E-state index contributed by atoms with van der Waals surface area (Å²) in [6, 6.07) is 61.6. The van der Waals surface area contributed by atoms with Crippen LogP contribution in [0.2, 0.25) is 0 Å². The lowest BCUT2D eigenvalue weighted by molar-refractivity contribution is 0.669. The summed E-state index contributed by atoms with van der Waals surface area (Å²) in [7, 11) is 0. The van der Waals surface area contributed by atoms with Crippen molar-refractivity contribution in [2.24, 2.45) is 9.98 Å². The molecule has 2 heterocycles. The highest BCUT2D eigenvalue weighted by Crippen LogP contribution is 2.39. The maximum Gasteiger partial charge on any atom is 0.169 e. The average Bonchev–Trinajstić information content (AvgIpc) is 3.59. The molecule has 51 heavy (non-hydrogen) atoms. The molecule has 1 aliphatic rings. The zero-order chi connectivity index (χ0) is 33.7. The van der Waals surface area contributed by atoms with Gasteiger partial charge >= 0.3 is 0 Å². The standard InChI is InChI=1S/C47H31N3O/c1-3-11-30(12-4-1)31-19-21-33(22-20-31)39-27-28-42-43(40-17-9-10-18-41(40)51-42)44(39)47-49-45(34-14-5-2-6-15-34)48-46(50-47)36-25-26-38-35(29-36)24-23-32-13-7-8-16-37(32)38/h1-29,46H,(H,48,49,50). The fourth-order valence-corrected chi connectivity index (χ4v) is 7.44. The van der Waals surface area contributed by atoms with Crippen LogP contribution in [0.3, 0.4) is 0 Å². The summed E-state index contributed by atoms with van der Waals surface area (Å²) in [6.45, 7) is 0. The highest BCUT2D eigenvalue weighted by Gasteiger charge is 2.26. The number of benzene rings is 8. The van der Waals surface area contributed by atoms with Gasteiger partial charge in [-0.1, -0.05) is 152 Å². The highest BCUT2D eigenvalue weighted by atomic mass is 16.3.